The average Bonchev–Trinajstić information content (AvgIpc) is 3.48. The van der Waals surface area contributed by atoms with Crippen molar-refractivity contribution in [2.45, 2.75) is 44.2 Å². The zero-order valence-corrected chi connectivity index (χ0v) is 17.3. The quantitative estimate of drug-likeness (QED) is 0.585. The molecule has 7 heteroatoms. The first-order chi connectivity index (χ1) is 15.2. The Morgan fingerprint density at radius 3 is 2.23 bits per heavy atom. The number of halogens is 2. The fraction of sp³-hybridized carbons (Fsp3) is 0.375. The van der Waals surface area contributed by atoms with Crippen molar-refractivity contribution in [3.8, 4) is 0 Å². The maximum absolute atomic E-state index is 13.6. The van der Waals surface area contributed by atoms with Gasteiger partial charge in [-0.05, 0) is 70.7 Å². The van der Waals surface area contributed by atoms with Crippen LogP contribution in [-0.2, 0) is 0 Å². The molecule has 160 valence electrons. The molecule has 1 fully saturated rings. The lowest BCUT2D eigenvalue weighted by molar-refractivity contribution is 0.230. The highest BCUT2D eigenvalue weighted by Gasteiger charge is 2.32. The van der Waals surface area contributed by atoms with E-state index in [2.05, 4.69) is 26.5 Å². The van der Waals surface area contributed by atoms with Gasteiger partial charge in [-0.1, -0.05) is 43.2 Å². The molecule has 2 aromatic carbocycles. The predicted octanol–water partition coefficient (Wildman–Crippen LogP) is 4.95. The molecule has 0 saturated heterocycles. The van der Waals surface area contributed by atoms with Crippen molar-refractivity contribution in [2.24, 2.45) is 0 Å². The van der Waals surface area contributed by atoms with E-state index in [4.69, 9.17) is 0 Å². The first kappa shape index (κ1) is 20.0. The topological polar surface area (TPSA) is 46.8 Å². The van der Waals surface area contributed by atoms with Crippen LogP contribution in [0.5, 0.6) is 0 Å². The van der Waals surface area contributed by atoms with E-state index in [1.807, 2.05) is 28.9 Å². The van der Waals surface area contributed by atoms with Crippen molar-refractivity contribution < 1.29 is 8.78 Å². The van der Waals surface area contributed by atoms with Crippen LogP contribution in [0, 0.1) is 11.6 Å². The van der Waals surface area contributed by atoms with Crippen molar-refractivity contribution >= 4 is 5.57 Å². The van der Waals surface area contributed by atoms with Gasteiger partial charge in [-0.3, -0.25) is 4.90 Å². The van der Waals surface area contributed by atoms with Crippen molar-refractivity contribution in [3.63, 3.8) is 0 Å². The van der Waals surface area contributed by atoms with Gasteiger partial charge in [0, 0.05) is 13.1 Å². The third-order valence-electron chi connectivity index (χ3n) is 6.44. The van der Waals surface area contributed by atoms with E-state index in [1.54, 1.807) is 0 Å². The lowest BCUT2D eigenvalue weighted by Crippen LogP contribution is -2.35. The van der Waals surface area contributed by atoms with Crippen molar-refractivity contribution in [1.82, 2.24) is 25.1 Å². The van der Waals surface area contributed by atoms with Gasteiger partial charge in [0.1, 0.15) is 11.6 Å². The fourth-order valence-corrected chi connectivity index (χ4v) is 4.80. The van der Waals surface area contributed by atoms with E-state index in [0.717, 1.165) is 42.8 Å². The first-order valence-corrected chi connectivity index (χ1v) is 10.9. The summed E-state index contributed by atoms with van der Waals surface area (Å²) in [6.07, 6.45) is 7.59. The third kappa shape index (κ3) is 4.14. The summed E-state index contributed by atoms with van der Waals surface area (Å²) in [6, 6.07) is 13.5. The summed E-state index contributed by atoms with van der Waals surface area (Å²) >= 11 is 0. The van der Waals surface area contributed by atoms with Gasteiger partial charge in [0.2, 0.25) is 0 Å². The maximum Gasteiger partial charge on any atom is 0.173 e. The zero-order chi connectivity index (χ0) is 21.2. The molecule has 0 radical (unpaired) electrons. The Morgan fingerprint density at radius 2 is 1.58 bits per heavy atom. The van der Waals surface area contributed by atoms with E-state index in [1.165, 1.54) is 42.7 Å². The largest absolute Gasteiger partial charge is 0.286 e. The van der Waals surface area contributed by atoms with Gasteiger partial charge < -0.3 is 0 Å². The van der Waals surface area contributed by atoms with Crippen LogP contribution in [0.15, 0.2) is 54.6 Å². The smallest absolute Gasteiger partial charge is 0.173 e. The van der Waals surface area contributed by atoms with E-state index in [0.29, 0.717) is 12.6 Å². The maximum atomic E-state index is 13.6. The molecule has 1 saturated carbocycles. The Kier molecular flexibility index (Phi) is 5.59. The second kappa shape index (κ2) is 8.67. The Hall–Kier alpha value is -2.93. The van der Waals surface area contributed by atoms with Gasteiger partial charge in [-0.2, -0.15) is 0 Å². The van der Waals surface area contributed by atoms with Gasteiger partial charge in [0.05, 0.1) is 12.1 Å². The Labute approximate surface area is 180 Å². The molecule has 3 aromatic rings. The molecule has 31 heavy (non-hydrogen) atoms. The molecular formula is C24H25F2N5. The molecule has 0 unspecified atom stereocenters. The van der Waals surface area contributed by atoms with E-state index in [9.17, 15) is 8.78 Å². The summed E-state index contributed by atoms with van der Waals surface area (Å²) in [4.78, 5) is 2.33. The van der Waals surface area contributed by atoms with Crippen LogP contribution in [0.2, 0.25) is 0 Å². The standard InChI is InChI=1S/C24H25F2N5/c25-20-9-5-17(6-10-20)18-13-15-30(16-14-18)23(19-7-11-21(26)12-8-19)24-27-28-29-31(24)22-3-1-2-4-22/h5-13,22-23H,1-4,14-16H2/t23-/m1/s1. The molecule has 5 nitrogen and oxygen atoms in total. The third-order valence-corrected chi connectivity index (χ3v) is 6.44. The van der Waals surface area contributed by atoms with Crippen molar-refractivity contribution in [3.05, 3.63) is 83.2 Å². The molecule has 0 bridgehead atoms. The van der Waals surface area contributed by atoms with Crippen molar-refractivity contribution in [1.29, 1.82) is 0 Å². The molecule has 1 aliphatic heterocycles. The first-order valence-electron chi connectivity index (χ1n) is 10.9. The minimum atomic E-state index is -0.255. The molecular weight excluding hydrogens is 396 g/mol. The highest BCUT2D eigenvalue weighted by molar-refractivity contribution is 5.66. The van der Waals surface area contributed by atoms with Crippen LogP contribution in [0.25, 0.3) is 5.57 Å². The molecule has 5 rings (SSSR count). The highest BCUT2D eigenvalue weighted by Crippen LogP contribution is 2.36. The van der Waals surface area contributed by atoms with Crippen LogP contribution in [-0.4, -0.2) is 38.2 Å². The van der Waals surface area contributed by atoms with Crippen LogP contribution in [0.4, 0.5) is 8.78 Å². The SMILES string of the molecule is Fc1ccc(C2=CCN([C@H](c3ccc(F)cc3)c3nnnn3C3CCCC3)CC2)cc1. The Morgan fingerprint density at radius 1 is 0.903 bits per heavy atom. The second-order valence-electron chi connectivity index (χ2n) is 8.36. The number of hydrogen-bond acceptors (Lipinski definition) is 4. The summed E-state index contributed by atoms with van der Waals surface area (Å²) in [6.45, 7) is 1.52. The monoisotopic (exact) mass is 421 g/mol. The van der Waals surface area contributed by atoms with Gasteiger partial charge in [0.25, 0.3) is 0 Å². The molecule has 2 heterocycles. The normalized spacial score (nSPS) is 18.8. The molecule has 1 aliphatic carbocycles. The van der Waals surface area contributed by atoms with E-state index < -0.39 is 0 Å². The molecule has 2 aliphatic rings. The van der Waals surface area contributed by atoms with E-state index >= 15 is 0 Å². The number of tetrazole rings is 1. The number of rotatable bonds is 5. The highest BCUT2D eigenvalue weighted by atomic mass is 19.1. The summed E-state index contributed by atoms with van der Waals surface area (Å²) in [5, 5.41) is 12.8. The van der Waals surface area contributed by atoms with Crippen LogP contribution in [0.1, 0.15) is 61.1 Å². The molecule has 0 spiro atoms. The van der Waals surface area contributed by atoms with Crippen LogP contribution < -0.4 is 0 Å². The number of benzene rings is 2. The molecule has 1 aromatic heterocycles. The molecule has 1 atom stereocenters. The van der Waals surface area contributed by atoms with Gasteiger partial charge in [-0.25, -0.2) is 13.5 Å². The predicted molar refractivity (Wildman–Crippen MR) is 114 cm³/mol. The minimum absolute atomic E-state index is 0.151. The summed E-state index contributed by atoms with van der Waals surface area (Å²) in [7, 11) is 0. The Balaban J connectivity index is 1.47. The average molecular weight is 421 g/mol. The zero-order valence-electron chi connectivity index (χ0n) is 17.3. The van der Waals surface area contributed by atoms with Crippen LogP contribution >= 0.6 is 0 Å². The summed E-state index contributed by atoms with van der Waals surface area (Å²) in [5.74, 6) is 0.337. The second-order valence-corrected chi connectivity index (χ2v) is 8.36. The van der Waals surface area contributed by atoms with Gasteiger partial charge in [-0.15, -0.1) is 5.10 Å². The van der Waals surface area contributed by atoms with Gasteiger partial charge >= 0.3 is 0 Å². The summed E-state index contributed by atoms with van der Waals surface area (Å²) < 4.78 is 28.9. The minimum Gasteiger partial charge on any atom is -0.286 e. The molecule has 0 amide bonds. The lowest BCUT2D eigenvalue weighted by atomic mass is 9.96. The van der Waals surface area contributed by atoms with Crippen LogP contribution in [0.3, 0.4) is 0 Å². The van der Waals surface area contributed by atoms with E-state index in [-0.39, 0.29) is 17.7 Å². The number of hydrogen-bond donors (Lipinski definition) is 0. The molecule has 0 N–H and O–H groups in total. The van der Waals surface area contributed by atoms with Crippen molar-refractivity contribution in [2.75, 3.05) is 13.1 Å². The Bertz CT molecular complexity index is 1050. The van der Waals surface area contributed by atoms with Gasteiger partial charge in [0.15, 0.2) is 5.82 Å². The summed E-state index contributed by atoms with van der Waals surface area (Å²) in [5.41, 5.74) is 3.24. The lowest BCUT2D eigenvalue weighted by Gasteiger charge is -2.34. The fourth-order valence-electron chi connectivity index (χ4n) is 4.80. The number of aromatic nitrogens is 4. The number of nitrogens with zero attached hydrogens (tertiary/aromatic N) is 5.